The van der Waals surface area contributed by atoms with Crippen LogP contribution >= 0.6 is 15.9 Å². The van der Waals surface area contributed by atoms with E-state index < -0.39 is 11.6 Å². The van der Waals surface area contributed by atoms with Crippen molar-refractivity contribution in [3.63, 3.8) is 0 Å². The number of anilines is 1. The number of aliphatic hydroxyl groups is 1. The molecule has 0 aromatic heterocycles. The third-order valence-electron chi connectivity index (χ3n) is 2.95. The molecule has 2 nitrogen and oxygen atoms in total. The zero-order chi connectivity index (χ0) is 13.1. The van der Waals surface area contributed by atoms with Crippen molar-refractivity contribution >= 4 is 21.6 Å². The molecule has 5 heteroatoms. The lowest BCUT2D eigenvalue weighted by Crippen LogP contribution is -2.29. The quantitative estimate of drug-likeness (QED) is 0.815. The Morgan fingerprint density at radius 1 is 1.35 bits per heavy atom. The van der Waals surface area contributed by atoms with Crippen LogP contribution in [-0.4, -0.2) is 18.3 Å². The van der Waals surface area contributed by atoms with Crippen LogP contribution in [0.4, 0.5) is 14.5 Å². The molecule has 1 atom stereocenters. The number of rotatable bonds is 5. The van der Waals surface area contributed by atoms with Gasteiger partial charge in [0.1, 0.15) is 11.6 Å². The van der Waals surface area contributed by atoms with E-state index in [2.05, 4.69) is 21.2 Å². The van der Waals surface area contributed by atoms with Gasteiger partial charge in [-0.15, -0.1) is 0 Å². The second-order valence-corrected chi connectivity index (χ2v) is 5.28. The minimum Gasteiger partial charge on any atom is -0.396 e. The SMILES string of the molecule is CCC(C)(CO)CNc1cc(Br)c(F)cc1F. The Hall–Kier alpha value is -0.680. The molecule has 0 spiro atoms. The molecular weight excluding hydrogens is 292 g/mol. The fourth-order valence-electron chi connectivity index (χ4n) is 1.26. The lowest BCUT2D eigenvalue weighted by molar-refractivity contribution is 0.149. The van der Waals surface area contributed by atoms with Crippen LogP contribution in [0.2, 0.25) is 0 Å². The molecule has 0 saturated heterocycles. The summed E-state index contributed by atoms with van der Waals surface area (Å²) in [6.07, 6.45) is 0.764. The van der Waals surface area contributed by atoms with Gasteiger partial charge < -0.3 is 10.4 Å². The molecule has 96 valence electrons. The molecule has 1 unspecified atom stereocenters. The zero-order valence-corrected chi connectivity index (χ0v) is 11.4. The van der Waals surface area contributed by atoms with Gasteiger partial charge in [0.2, 0.25) is 0 Å². The van der Waals surface area contributed by atoms with Crippen LogP contribution in [0.1, 0.15) is 20.3 Å². The molecule has 0 amide bonds. The van der Waals surface area contributed by atoms with Gasteiger partial charge in [0.25, 0.3) is 0 Å². The van der Waals surface area contributed by atoms with Crippen LogP contribution in [0.3, 0.4) is 0 Å². The molecule has 1 aromatic carbocycles. The molecule has 1 aromatic rings. The Morgan fingerprint density at radius 2 is 2.00 bits per heavy atom. The highest BCUT2D eigenvalue weighted by molar-refractivity contribution is 9.10. The van der Waals surface area contributed by atoms with Crippen LogP contribution < -0.4 is 5.32 Å². The molecule has 1 rings (SSSR count). The average Bonchev–Trinajstić information content (AvgIpc) is 2.32. The van der Waals surface area contributed by atoms with Gasteiger partial charge in [0.15, 0.2) is 0 Å². The second kappa shape index (κ2) is 5.78. The number of nitrogens with one attached hydrogen (secondary N) is 1. The normalized spacial score (nSPS) is 14.5. The van der Waals surface area contributed by atoms with Gasteiger partial charge in [-0.25, -0.2) is 8.78 Å². The van der Waals surface area contributed by atoms with Crippen LogP contribution in [0, 0.1) is 17.0 Å². The Kier molecular flexibility index (Phi) is 4.89. The van der Waals surface area contributed by atoms with E-state index >= 15 is 0 Å². The zero-order valence-electron chi connectivity index (χ0n) is 9.86. The highest BCUT2D eigenvalue weighted by Gasteiger charge is 2.21. The lowest BCUT2D eigenvalue weighted by Gasteiger charge is -2.26. The Balaban J connectivity index is 2.79. The summed E-state index contributed by atoms with van der Waals surface area (Å²) < 4.78 is 26.7. The van der Waals surface area contributed by atoms with Crippen molar-refractivity contribution in [2.75, 3.05) is 18.5 Å². The summed E-state index contributed by atoms with van der Waals surface area (Å²) in [6.45, 7) is 4.29. The topological polar surface area (TPSA) is 32.3 Å². The van der Waals surface area contributed by atoms with Gasteiger partial charge in [0.05, 0.1) is 16.8 Å². The van der Waals surface area contributed by atoms with E-state index in [0.717, 1.165) is 12.5 Å². The van der Waals surface area contributed by atoms with Gasteiger partial charge in [-0.05, 0) is 28.4 Å². The van der Waals surface area contributed by atoms with Crippen LogP contribution in [0.5, 0.6) is 0 Å². The molecule has 0 saturated carbocycles. The third-order valence-corrected chi connectivity index (χ3v) is 3.56. The molecule has 0 heterocycles. The predicted octanol–water partition coefficient (Wildman–Crippen LogP) is 3.55. The highest BCUT2D eigenvalue weighted by Crippen LogP contribution is 2.26. The Labute approximate surface area is 108 Å². The first-order valence-electron chi connectivity index (χ1n) is 5.41. The summed E-state index contributed by atoms with van der Waals surface area (Å²) in [6, 6.07) is 2.19. The molecule has 0 bridgehead atoms. The Morgan fingerprint density at radius 3 is 2.53 bits per heavy atom. The standard InChI is InChI=1S/C12H16BrF2NO/c1-3-12(2,7-17)6-16-11-4-8(13)9(14)5-10(11)15/h4-5,16-17H,3,6-7H2,1-2H3. The number of halogens is 3. The van der Waals surface area contributed by atoms with Crippen molar-refractivity contribution in [2.45, 2.75) is 20.3 Å². The predicted molar refractivity (Wildman–Crippen MR) is 68.0 cm³/mol. The number of benzene rings is 1. The van der Waals surface area contributed by atoms with Crippen molar-refractivity contribution in [3.05, 3.63) is 28.2 Å². The summed E-state index contributed by atoms with van der Waals surface area (Å²) >= 11 is 3.00. The highest BCUT2D eigenvalue weighted by atomic mass is 79.9. The van der Waals surface area contributed by atoms with Crippen molar-refractivity contribution in [1.82, 2.24) is 0 Å². The number of hydrogen-bond acceptors (Lipinski definition) is 2. The lowest BCUT2D eigenvalue weighted by atomic mass is 9.88. The molecule has 0 aliphatic heterocycles. The third kappa shape index (κ3) is 3.64. The molecule has 0 radical (unpaired) electrons. The minimum atomic E-state index is -0.637. The van der Waals surface area contributed by atoms with Crippen LogP contribution in [0.15, 0.2) is 16.6 Å². The largest absolute Gasteiger partial charge is 0.396 e. The maximum atomic E-state index is 13.4. The van der Waals surface area contributed by atoms with Gasteiger partial charge in [0, 0.05) is 18.0 Å². The van der Waals surface area contributed by atoms with Gasteiger partial charge in [-0.3, -0.25) is 0 Å². The molecule has 2 N–H and O–H groups in total. The van der Waals surface area contributed by atoms with E-state index in [1.165, 1.54) is 6.07 Å². The van der Waals surface area contributed by atoms with Crippen molar-refractivity contribution in [1.29, 1.82) is 0 Å². The summed E-state index contributed by atoms with van der Waals surface area (Å²) in [5, 5.41) is 12.1. The molecular formula is C12H16BrF2NO. The average molecular weight is 308 g/mol. The molecule has 0 fully saturated rings. The van der Waals surface area contributed by atoms with E-state index in [1.807, 2.05) is 13.8 Å². The summed E-state index contributed by atoms with van der Waals surface area (Å²) in [5.74, 6) is -1.27. The monoisotopic (exact) mass is 307 g/mol. The molecule has 0 aliphatic carbocycles. The van der Waals surface area contributed by atoms with Gasteiger partial charge in [-0.1, -0.05) is 13.8 Å². The van der Waals surface area contributed by atoms with E-state index in [9.17, 15) is 13.9 Å². The first kappa shape index (κ1) is 14.4. The number of hydrogen-bond donors (Lipinski definition) is 2. The first-order chi connectivity index (χ1) is 7.91. The van der Waals surface area contributed by atoms with E-state index in [0.29, 0.717) is 6.54 Å². The molecule has 17 heavy (non-hydrogen) atoms. The second-order valence-electron chi connectivity index (χ2n) is 4.42. The maximum absolute atomic E-state index is 13.4. The van der Waals surface area contributed by atoms with Crippen LogP contribution in [-0.2, 0) is 0 Å². The maximum Gasteiger partial charge on any atom is 0.149 e. The van der Waals surface area contributed by atoms with Crippen LogP contribution in [0.25, 0.3) is 0 Å². The van der Waals surface area contributed by atoms with Gasteiger partial charge >= 0.3 is 0 Å². The smallest absolute Gasteiger partial charge is 0.149 e. The number of aliphatic hydroxyl groups excluding tert-OH is 1. The summed E-state index contributed by atoms with van der Waals surface area (Å²) in [4.78, 5) is 0. The van der Waals surface area contributed by atoms with E-state index in [1.54, 1.807) is 0 Å². The molecule has 0 aliphatic rings. The van der Waals surface area contributed by atoms with Crippen molar-refractivity contribution in [2.24, 2.45) is 5.41 Å². The van der Waals surface area contributed by atoms with E-state index in [-0.39, 0.29) is 22.2 Å². The summed E-state index contributed by atoms with van der Waals surface area (Å²) in [7, 11) is 0. The fraction of sp³-hybridized carbons (Fsp3) is 0.500. The first-order valence-corrected chi connectivity index (χ1v) is 6.20. The van der Waals surface area contributed by atoms with Crippen molar-refractivity contribution < 1.29 is 13.9 Å². The fourth-order valence-corrected chi connectivity index (χ4v) is 1.60. The van der Waals surface area contributed by atoms with Crippen molar-refractivity contribution in [3.8, 4) is 0 Å². The Bertz CT molecular complexity index is 394. The minimum absolute atomic E-state index is 0.0144. The summed E-state index contributed by atoms with van der Waals surface area (Å²) in [5.41, 5.74) is -0.0841. The van der Waals surface area contributed by atoms with E-state index in [4.69, 9.17) is 0 Å². The van der Waals surface area contributed by atoms with Gasteiger partial charge in [-0.2, -0.15) is 0 Å².